The molecule has 0 unspecified atom stereocenters. The predicted octanol–water partition coefficient (Wildman–Crippen LogP) is 1.51. The normalized spacial score (nSPS) is 10.9. The van der Waals surface area contributed by atoms with E-state index in [1.165, 1.54) is 36.3 Å². The van der Waals surface area contributed by atoms with E-state index in [0.717, 1.165) is 0 Å². The summed E-state index contributed by atoms with van der Waals surface area (Å²) < 4.78 is 30.2. The highest BCUT2D eigenvalue weighted by molar-refractivity contribution is 7.93. The molecule has 0 amide bonds. The molecular formula is C12H12N2O3S. The van der Waals surface area contributed by atoms with Gasteiger partial charge < -0.3 is 9.57 Å². The van der Waals surface area contributed by atoms with Crippen molar-refractivity contribution in [3.63, 3.8) is 0 Å². The fourth-order valence-corrected chi connectivity index (χ4v) is 2.32. The Hall–Kier alpha value is -2.08. The van der Waals surface area contributed by atoms with Crippen LogP contribution >= 0.6 is 0 Å². The van der Waals surface area contributed by atoms with Gasteiger partial charge in [-0.3, -0.25) is 0 Å². The van der Waals surface area contributed by atoms with Crippen LogP contribution in [0.15, 0.2) is 59.8 Å². The second-order valence-corrected chi connectivity index (χ2v) is 5.08. The lowest BCUT2D eigenvalue weighted by Gasteiger charge is -2.14. The summed E-state index contributed by atoms with van der Waals surface area (Å²) >= 11 is 0. The molecule has 0 saturated heterocycles. The van der Waals surface area contributed by atoms with Gasteiger partial charge in [-0.2, -0.15) is 0 Å². The molecule has 1 aromatic heterocycles. The standard InChI is InChI=1S/C12H12N2O3S/c1-17-11-6-5-9-14(10-11)13-18(15,16)12-7-3-2-4-8-12/h2-10H,1H3. The molecule has 1 aromatic carbocycles. The molecule has 94 valence electrons. The van der Waals surface area contributed by atoms with E-state index in [0.29, 0.717) is 5.75 Å². The van der Waals surface area contributed by atoms with Gasteiger partial charge >= 0.3 is 0 Å². The van der Waals surface area contributed by atoms with E-state index in [2.05, 4.69) is 4.83 Å². The molecule has 0 saturated carbocycles. The van der Waals surface area contributed by atoms with Gasteiger partial charge in [-0.05, 0) is 18.2 Å². The van der Waals surface area contributed by atoms with Crippen molar-refractivity contribution in [2.24, 2.45) is 0 Å². The lowest BCUT2D eigenvalue weighted by Crippen LogP contribution is -2.31. The predicted molar refractivity (Wildman–Crippen MR) is 65.6 cm³/mol. The van der Waals surface area contributed by atoms with Crippen molar-refractivity contribution in [3.05, 3.63) is 59.7 Å². The monoisotopic (exact) mass is 264 g/mol. The number of nitrogens with zero attached hydrogens (tertiary/aromatic N) is 2. The minimum Gasteiger partial charge on any atom is -0.491 e. The van der Waals surface area contributed by atoms with Crippen LogP contribution < -0.4 is 9.41 Å². The van der Waals surface area contributed by atoms with Gasteiger partial charge in [0.1, 0.15) is 0 Å². The number of sulfonamides is 1. The van der Waals surface area contributed by atoms with E-state index in [1.807, 2.05) is 0 Å². The second-order valence-electron chi connectivity index (χ2n) is 3.49. The largest absolute Gasteiger partial charge is 0.491 e. The number of pyridine rings is 1. The van der Waals surface area contributed by atoms with Gasteiger partial charge in [0.05, 0.1) is 12.0 Å². The van der Waals surface area contributed by atoms with Crippen molar-refractivity contribution in [1.82, 2.24) is 0 Å². The van der Waals surface area contributed by atoms with Crippen molar-refractivity contribution in [1.29, 1.82) is 0 Å². The number of hydrogen-bond acceptors (Lipinski definition) is 3. The van der Waals surface area contributed by atoms with E-state index in [-0.39, 0.29) is 4.90 Å². The van der Waals surface area contributed by atoms with Crippen molar-refractivity contribution < 1.29 is 17.8 Å². The topological polar surface area (TPSA) is 61.4 Å². The zero-order chi connectivity index (χ0) is 13.0. The van der Waals surface area contributed by atoms with Gasteiger partial charge in [-0.15, -0.1) is 0 Å². The zero-order valence-corrected chi connectivity index (χ0v) is 10.5. The Labute approximate surface area is 106 Å². The van der Waals surface area contributed by atoms with Crippen molar-refractivity contribution in [3.8, 4) is 5.75 Å². The lowest BCUT2D eigenvalue weighted by atomic mass is 10.4. The van der Waals surface area contributed by atoms with Crippen LogP contribution in [-0.2, 0) is 10.0 Å². The van der Waals surface area contributed by atoms with Gasteiger partial charge in [0.25, 0.3) is 0 Å². The summed E-state index contributed by atoms with van der Waals surface area (Å²) in [7, 11) is -2.20. The number of benzene rings is 1. The summed E-state index contributed by atoms with van der Waals surface area (Å²) in [5.41, 5.74) is 0. The Kier molecular flexibility index (Phi) is 3.47. The molecule has 2 aromatic rings. The summed E-state index contributed by atoms with van der Waals surface area (Å²) in [5, 5.41) is 0. The molecule has 18 heavy (non-hydrogen) atoms. The van der Waals surface area contributed by atoms with E-state index < -0.39 is 10.0 Å². The molecule has 0 aliphatic rings. The molecule has 0 spiro atoms. The molecule has 6 heteroatoms. The second kappa shape index (κ2) is 5.05. The van der Waals surface area contributed by atoms with Gasteiger partial charge in [0.15, 0.2) is 22.0 Å². The van der Waals surface area contributed by atoms with Crippen LogP contribution in [0.25, 0.3) is 4.83 Å². The first-order valence-electron chi connectivity index (χ1n) is 5.20. The maximum absolute atomic E-state index is 12.0. The summed E-state index contributed by atoms with van der Waals surface area (Å²) in [4.78, 5) is 3.83. The molecule has 0 radical (unpaired) electrons. The molecule has 0 atom stereocenters. The number of ether oxygens (including phenoxy) is 1. The number of rotatable bonds is 4. The van der Waals surface area contributed by atoms with Crippen molar-refractivity contribution in [2.45, 2.75) is 4.90 Å². The van der Waals surface area contributed by atoms with Gasteiger partial charge in [0.2, 0.25) is 6.20 Å². The lowest BCUT2D eigenvalue weighted by molar-refractivity contribution is -0.614. The van der Waals surface area contributed by atoms with Crippen molar-refractivity contribution >= 4 is 10.0 Å². The van der Waals surface area contributed by atoms with Crippen molar-refractivity contribution in [2.75, 3.05) is 7.11 Å². The van der Waals surface area contributed by atoms with E-state index in [9.17, 15) is 8.42 Å². The molecule has 0 aliphatic carbocycles. The Morgan fingerprint density at radius 1 is 1.11 bits per heavy atom. The molecule has 0 fully saturated rings. The van der Waals surface area contributed by atoms with Crippen LogP contribution in [0.3, 0.4) is 0 Å². The fourth-order valence-electron chi connectivity index (χ4n) is 1.38. The minimum absolute atomic E-state index is 0.153. The van der Waals surface area contributed by atoms with Crippen LogP contribution in [0, 0.1) is 0 Å². The SMILES string of the molecule is COc1ccc[n+]([N-]S(=O)(=O)c2ccccc2)c1. The van der Waals surface area contributed by atoms with E-state index >= 15 is 0 Å². The van der Waals surface area contributed by atoms with Crippen LogP contribution in [0.2, 0.25) is 0 Å². The van der Waals surface area contributed by atoms with Crippen LogP contribution in [0.4, 0.5) is 0 Å². The number of aromatic nitrogens is 1. The maximum Gasteiger partial charge on any atom is 0.207 e. The first-order chi connectivity index (χ1) is 8.62. The Morgan fingerprint density at radius 3 is 2.50 bits per heavy atom. The third-order valence-electron chi connectivity index (χ3n) is 2.24. The van der Waals surface area contributed by atoms with E-state index in [4.69, 9.17) is 4.74 Å². The average molecular weight is 264 g/mol. The Balaban J connectivity index is 2.28. The first-order valence-corrected chi connectivity index (χ1v) is 6.64. The highest BCUT2D eigenvalue weighted by atomic mass is 32.2. The molecule has 2 rings (SSSR count). The minimum atomic E-state index is -3.71. The maximum atomic E-state index is 12.0. The third-order valence-corrected chi connectivity index (χ3v) is 3.51. The first kappa shape index (κ1) is 12.4. The Bertz CT molecular complexity index is 627. The van der Waals surface area contributed by atoms with Gasteiger partial charge in [-0.25, -0.2) is 13.1 Å². The smallest absolute Gasteiger partial charge is 0.207 e. The highest BCUT2D eigenvalue weighted by Crippen LogP contribution is 2.14. The van der Waals surface area contributed by atoms with Gasteiger partial charge in [-0.1, -0.05) is 18.2 Å². The fraction of sp³-hybridized carbons (Fsp3) is 0.0833. The van der Waals surface area contributed by atoms with E-state index in [1.54, 1.807) is 30.3 Å². The highest BCUT2D eigenvalue weighted by Gasteiger charge is 2.08. The molecule has 0 N–H and O–H groups in total. The van der Waals surface area contributed by atoms with Crippen LogP contribution in [-0.4, -0.2) is 15.5 Å². The summed E-state index contributed by atoms with van der Waals surface area (Å²) in [6.45, 7) is 0. The molecule has 0 bridgehead atoms. The molecule has 0 aliphatic heterocycles. The number of hydrogen-bond donors (Lipinski definition) is 0. The molecular weight excluding hydrogens is 252 g/mol. The summed E-state index contributed by atoms with van der Waals surface area (Å²) in [5.74, 6) is 0.532. The third kappa shape index (κ3) is 2.78. The summed E-state index contributed by atoms with van der Waals surface area (Å²) in [6, 6.07) is 11.4. The number of methoxy groups -OCH3 is 1. The van der Waals surface area contributed by atoms with Crippen LogP contribution in [0.1, 0.15) is 0 Å². The average Bonchev–Trinajstić information content (AvgIpc) is 2.39. The summed E-state index contributed by atoms with van der Waals surface area (Å²) in [6.07, 6.45) is 3.02. The quantitative estimate of drug-likeness (QED) is 0.786. The van der Waals surface area contributed by atoms with Crippen LogP contribution in [0.5, 0.6) is 5.75 Å². The molecule has 5 nitrogen and oxygen atoms in total. The zero-order valence-electron chi connectivity index (χ0n) is 9.72. The van der Waals surface area contributed by atoms with Gasteiger partial charge in [0, 0.05) is 6.07 Å². The Morgan fingerprint density at radius 2 is 1.83 bits per heavy atom. The molecule has 1 heterocycles.